The summed E-state index contributed by atoms with van der Waals surface area (Å²) >= 11 is 0. The fourth-order valence-electron chi connectivity index (χ4n) is 3.65. The molecule has 0 spiro atoms. The Bertz CT molecular complexity index is 597. The van der Waals surface area contributed by atoms with E-state index in [0.29, 0.717) is 6.04 Å². The largest absolute Gasteiger partial charge is 0.314 e. The summed E-state index contributed by atoms with van der Waals surface area (Å²) in [6, 6.07) is 23.7. The number of hydrogen-bond donors (Lipinski definition) is 1. The van der Waals surface area contributed by atoms with Crippen molar-refractivity contribution in [1.82, 2.24) is 5.32 Å². The van der Waals surface area contributed by atoms with E-state index >= 15 is 0 Å². The summed E-state index contributed by atoms with van der Waals surface area (Å²) in [4.78, 5) is 0. The highest BCUT2D eigenvalue weighted by molar-refractivity contribution is 5.45. The smallest absolute Gasteiger partial charge is 0.107 e. The Kier molecular flexibility index (Phi) is 5.10. The van der Waals surface area contributed by atoms with Crippen molar-refractivity contribution in [2.45, 2.75) is 43.6 Å². The molecule has 1 heterocycles. The van der Waals surface area contributed by atoms with Gasteiger partial charge in [0.25, 0.3) is 0 Å². The van der Waals surface area contributed by atoms with E-state index < -0.39 is 5.41 Å². The van der Waals surface area contributed by atoms with Crippen molar-refractivity contribution in [3.8, 4) is 6.07 Å². The van der Waals surface area contributed by atoms with Gasteiger partial charge in [0, 0.05) is 6.04 Å². The van der Waals surface area contributed by atoms with Crippen LogP contribution >= 0.6 is 0 Å². The lowest BCUT2D eigenvalue weighted by Gasteiger charge is -2.31. The van der Waals surface area contributed by atoms with E-state index in [1.807, 2.05) is 36.4 Å². The van der Waals surface area contributed by atoms with Gasteiger partial charge in [-0.2, -0.15) is 5.26 Å². The van der Waals surface area contributed by atoms with Crippen LogP contribution in [-0.4, -0.2) is 12.6 Å². The average Bonchev–Trinajstić information content (AvgIpc) is 2.65. The maximum absolute atomic E-state index is 10.1. The number of nitrogens with one attached hydrogen (secondary N) is 1. The minimum Gasteiger partial charge on any atom is -0.314 e. The third-order valence-corrected chi connectivity index (χ3v) is 5.00. The van der Waals surface area contributed by atoms with E-state index in [4.69, 9.17) is 0 Å². The summed E-state index contributed by atoms with van der Waals surface area (Å²) in [6.45, 7) is 1.11. The van der Waals surface area contributed by atoms with Gasteiger partial charge < -0.3 is 5.32 Å². The van der Waals surface area contributed by atoms with Crippen molar-refractivity contribution in [2.24, 2.45) is 0 Å². The molecule has 0 aliphatic carbocycles. The van der Waals surface area contributed by atoms with Crippen LogP contribution < -0.4 is 5.32 Å². The monoisotopic (exact) mass is 304 g/mol. The maximum Gasteiger partial charge on any atom is 0.107 e. The molecule has 1 aliphatic heterocycles. The normalized spacial score (nSPS) is 18.3. The lowest BCUT2D eigenvalue weighted by atomic mass is 9.71. The van der Waals surface area contributed by atoms with Gasteiger partial charge in [0.05, 0.1) is 6.07 Å². The standard InChI is InChI=1S/C21H24N2/c22-17-21(18-9-3-1-4-10-18,19-11-5-2-6-12-19)15-14-20-13-7-8-16-23-20/h1-6,9-12,20,23H,7-8,13-16H2. The number of rotatable bonds is 5. The van der Waals surface area contributed by atoms with E-state index in [1.54, 1.807) is 0 Å². The zero-order valence-corrected chi connectivity index (χ0v) is 13.5. The third kappa shape index (κ3) is 3.46. The van der Waals surface area contributed by atoms with Crippen LogP contribution in [0.25, 0.3) is 0 Å². The molecule has 23 heavy (non-hydrogen) atoms. The predicted octanol–water partition coefficient (Wildman–Crippen LogP) is 4.42. The Morgan fingerprint density at radius 3 is 2.04 bits per heavy atom. The summed E-state index contributed by atoms with van der Waals surface area (Å²) in [6.07, 6.45) is 5.70. The highest BCUT2D eigenvalue weighted by atomic mass is 14.9. The van der Waals surface area contributed by atoms with Gasteiger partial charge in [0.15, 0.2) is 0 Å². The lowest BCUT2D eigenvalue weighted by Crippen LogP contribution is -2.36. The van der Waals surface area contributed by atoms with Crippen LogP contribution in [0, 0.1) is 11.3 Å². The summed E-state index contributed by atoms with van der Waals surface area (Å²) < 4.78 is 0. The molecule has 1 atom stereocenters. The highest BCUT2D eigenvalue weighted by Crippen LogP contribution is 2.37. The molecule has 2 nitrogen and oxygen atoms in total. The Balaban J connectivity index is 1.91. The molecule has 1 aliphatic rings. The first-order chi connectivity index (χ1) is 11.3. The quantitative estimate of drug-likeness (QED) is 0.887. The second kappa shape index (κ2) is 7.44. The van der Waals surface area contributed by atoms with Crippen LogP contribution in [0.4, 0.5) is 0 Å². The Morgan fingerprint density at radius 1 is 0.957 bits per heavy atom. The minimum absolute atomic E-state index is 0.545. The van der Waals surface area contributed by atoms with Crippen molar-refractivity contribution in [2.75, 3.05) is 6.54 Å². The first-order valence-corrected chi connectivity index (χ1v) is 8.61. The molecule has 1 N–H and O–H groups in total. The highest BCUT2D eigenvalue weighted by Gasteiger charge is 2.34. The Labute approximate surface area is 139 Å². The number of nitrogens with zero attached hydrogens (tertiary/aromatic N) is 1. The zero-order chi connectivity index (χ0) is 16.0. The summed E-state index contributed by atoms with van der Waals surface area (Å²) in [5.74, 6) is 0. The van der Waals surface area contributed by atoms with Crippen molar-refractivity contribution in [3.63, 3.8) is 0 Å². The van der Waals surface area contributed by atoms with E-state index in [9.17, 15) is 5.26 Å². The van der Waals surface area contributed by atoms with Gasteiger partial charge in [0.1, 0.15) is 5.41 Å². The van der Waals surface area contributed by atoms with Gasteiger partial charge in [-0.3, -0.25) is 0 Å². The molecule has 2 aromatic rings. The van der Waals surface area contributed by atoms with Crippen LogP contribution in [0.1, 0.15) is 43.2 Å². The van der Waals surface area contributed by atoms with Crippen LogP contribution in [0.5, 0.6) is 0 Å². The van der Waals surface area contributed by atoms with Crippen LogP contribution in [0.2, 0.25) is 0 Å². The molecule has 1 fully saturated rings. The molecule has 118 valence electrons. The van der Waals surface area contributed by atoms with Gasteiger partial charge in [0.2, 0.25) is 0 Å². The number of benzene rings is 2. The predicted molar refractivity (Wildman–Crippen MR) is 94.2 cm³/mol. The Hall–Kier alpha value is -2.11. The summed E-state index contributed by atoms with van der Waals surface area (Å²) in [5, 5.41) is 13.8. The van der Waals surface area contributed by atoms with Crippen molar-refractivity contribution < 1.29 is 0 Å². The number of nitriles is 1. The van der Waals surface area contributed by atoms with Gasteiger partial charge in [-0.05, 0) is 43.4 Å². The van der Waals surface area contributed by atoms with Gasteiger partial charge in [-0.25, -0.2) is 0 Å². The molecule has 2 heteroatoms. The molecule has 0 bridgehead atoms. The van der Waals surface area contributed by atoms with E-state index in [-0.39, 0.29) is 0 Å². The molecular weight excluding hydrogens is 280 g/mol. The van der Waals surface area contributed by atoms with Crippen molar-refractivity contribution >= 4 is 0 Å². The molecule has 0 saturated carbocycles. The first kappa shape index (κ1) is 15.8. The minimum atomic E-state index is -0.554. The van der Waals surface area contributed by atoms with E-state index in [1.165, 1.54) is 19.3 Å². The summed E-state index contributed by atoms with van der Waals surface area (Å²) in [7, 11) is 0. The van der Waals surface area contributed by atoms with Gasteiger partial charge in [-0.1, -0.05) is 67.1 Å². The van der Waals surface area contributed by atoms with Gasteiger partial charge in [-0.15, -0.1) is 0 Å². The first-order valence-electron chi connectivity index (χ1n) is 8.61. The molecule has 0 amide bonds. The lowest BCUT2D eigenvalue weighted by molar-refractivity contribution is 0.359. The van der Waals surface area contributed by atoms with Gasteiger partial charge >= 0.3 is 0 Å². The van der Waals surface area contributed by atoms with E-state index in [2.05, 4.69) is 35.7 Å². The zero-order valence-electron chi connectivity index (χ0n) is 13.5. The van der Waals surface area contributed by atoms with E-state index in [0.717, 1.165) is 30.5 Å². The molecule has 3 rings (SSSR count). The second-order valence-electron chi connectivity index (χ2n) is 6.43. The van der Waals surface area contributed by atoms with Crippen LogP contribution in [0.3, 0.4) is 0 Å². The van der Waals surface area contributed by atoms with Crippen molar-refractivity contribution in [1.29, 1.82) is 5.26 Å². The van der Waals surface area contributed by atoms with Crippen LogP contribution in [0.15, 0.2) is 60.7 Å². The molecule has 2 aromatic carbocycles. The second-order valence-corrected chi connectivity index (χ2v) is 6.43. The van der Waals surface area contributed by atoms with Crippen LogP contribution in [-0.2, 0) is 5.41 Å². The summed E-state index contributed by atoms with van der Waals surface area (Å²) in [5.41, 5.74) is 1.65. The number of hydrogen-bond acceptors (Lipinski definition) is 2. The fourth-order valence-corrected chi connectivity index (χ4v) is 3.65. The molecule has 0 radical (unpaired) electrons. The molecule has 0 aromatic heterocycles. The molecule has 1 unspecified atom stereocenters. The maximum atomic E-state index is 10.1. The molecule has 1 saturated heterocycles. The third-order valence-electron chi connectivity index (χ3n) is 5.00. The topological polar surface area (TPSA) is 35.8 Å². The number of piperidine rings is 1. The molecular formula is C21H24N2. The SMILES string of the molecule is N#CC(CCC1CCCCN1)(c1ccccc1)c1ccccc1. The van der Waals surface area contributed by atoms with Crippen molar-refractivity contribution in [3.05, 3.63) is 71.8 Å². The fraction of sp³-hybridized carbons (Fsp3) is 0.381. The average molecular weight is 304 g/mol. The Morgan fingerprint density at radius 2 is 1.57 bits per heavy atom.